The molecule has 0 fully saturated rings. The SMILES string of the molecule is CCC(=O)C1=C(O)C(=O)N(c2cc(Cl)ccc2C)C1c1cccnc1. The van der Waals surface area contributed by atoms with Crippen LogP contribution in [0.25, 0.3) is 0 Å². The number of aryl methyl sites for hydroxylation is 1. The predicted octanol–water partition coefficient (Wildman–Crippen LogP) is 3.92. The van der Waals surface area contributed by atoms with Crippen molar-refractivity contribution in [3.8, 4) is 0 Å². The Morgan fingerprint density at radius 2 is 2.12 bits per heavy atom. The van der Waals surface area contributed by atoms with Gasteiger partial charge in [0.15, 0.2) is 11.5 Å². The summed E-state index contributed by atoms with van der Waals surface area (Å²) in [7, 11) is 0. The number of Topliss-reactive ketones (excluding diaryl/α,β-unsaturated/α-hetero) is 1. The minimum atomic E-state index is -0.731. The molecule has 2 aromatic rings. The molecule has 1 aliphatic heterocycles. The zero-order valence-electron chi connectivity index (χ0n) is 13.9. The van der Waals surface area contributed by atoms with E-state index in [2.05, 4.69) is 4.98 Å². The van der Waals surface area contributed by atoms with Crippen LogP contribution in [0.5, 0.6) is 0 Å². The van der Waals surface area contributed by atoms with Crippen molar-refractivity contribution in [1.82, 2.24) is 4.98 Å². The molecule has 1 unspecified atom stereocenters. The Morgan fingerprint density at radius 3 is 2.76 bits per heavy atom. The number of rotatable bonds is 4. The van der Waals surface area contributed by atoms with E-state index in [0.29, 0.717) is 16.3 Å². The van der Waals surface area contributed by atoms with Crippen molar-refractivity contribution < 1.29 is 14.7 Å². The fraction of sp³-hybridized carbons (Fsp3) is 0.211. The average Bonchev–Trinajstić information content (AvgIpc) is 2.88. The Kier molecular flexibility index (Phi) is 4.59. The van der Waals surface area contributed by atoms with Crippen LogP contribution in [-0.4, -0.2) is 21.8 Å². The molecule has 128 valence electrons. The lowest BCUT2D eigenvalue weighted by molar-refractivity contribution is -0.118. The summed E-state index contributed by atoms with van der Waals surface area (Å²) in [6, 6.07) is 7.95. The minimum absolute atomic E-state index is 0.0971. The number of aliphatic hydroxyl groups is 1. The summed E-state index contributed by atoms with van der Waals surface area (Å²) in [4.78, 5) is 30.7. The number of nitrogens with zero attached hydrogens (tertiary/aromatic N) is 2. The number of carbonyl (C=O) groups is 2. The molecule has 5 nitrogen and oxygen atoms in total. The third-order valence-corrected chi connectivity index (χ3v) is 4.50. The molecule has 1 amide bonds. The quantitative estimate of drug-likeness (QED) is 0.901. The Bertz CT molecular complexity index is 877. The normalized spacial score (nSPS) is 17.3. The molecule has 0 spiro atoms. The summed E-state index contributed by atoms with van der Waals surface area (Å²) < 4.78 is 0. The molecule has 1 N–H and O–H groups in total. The molecule has 0 saturated carbocycles. The van der Waals surface area contributed by atoms with Crippen molar-refractivity contribution in [3.63, 3.8) is 0 Å². The van der Waals surface area contributed by atoms with E-state index in [-0.39, 0.29) is 17.8 Å². The average molecular weight is 357 g/mol. The van der Waals surface area contributed by atoms with Crippen LogP contribution in [0.1, 0.15) is 30.5 Å². The Morgan fingerprint density at radius 1 is 1.36 bits per heavy atom. The van der Waals surface area contributed by atoms with E-state index in [1.54, 1.807) is 49.6 Å². The van der Waals surface area contributed by atoms with Gasteiger partial charge in [-0.1, -0.05) is 30.7 Å². The lowest BCUT2D eigenvalue weighted by atomic mass is 9.95. The van der Waals surface area contributed by atoms with Crippen molar-refractivity contribution in [3.05, 3.63) is 70.2 Å². The van der Waals surface area contributed by atoms with Gasteiger partial charge in [0.2, 0.25) is 0 Å². The zero-order chi connectivity index (χ0) is 18.1. The lowest BCUT2D eigenvalue weighted by Gasteiger charge is -2.28. The van der Waals surface area contributed by atoms with Gasteiger partial charge in [-0.25, -0.2) is 0 Å². The number of pyridine rings is 1. The summed E-state index contributed by atoms with van der Waals surface area (Å²) in [5, 5.41) is 10.9. The van der Waals surface area contributed by atoms with E-state index < -0.39 is 17.7 Å². The summed E-state index contributed by atoms with van der Waals surface area (Å²) in [6.07, 6.45) is 3.39. The van der Waals surface area contributed by atoms with Gasteiger partial charge in [0, 0.05) is 29.5 Å². The van der Waals surface area contributed by atoms with Crippen LogP contribution in [-0.2, 0) is 9.59 Å². The van der Waals surface area contributed by atoms with Crippen LogP contribution in [0.2, 0.25) is 5.02 Å². The number of benzene rings is 1. The first-order valence-corrected chi connectivity index (χ1v) is 8.29. The first-order valence-electron chi connectivity index (χ1n) is 7.91. The van der Waals surface area contributed by atoms with Crippen molar-refractivity contribution >= 4 is 29.0 Å². The standard InChI is InChI=1S/C19H17ClN2O3/c1-3-15(23)16-17(12-5-4-8-21-10-12)22(19(25)18(16)24)14-9-13(20)7-6-11(14)2/h4-10,17,24H,3H2,1-2H3. The monoisotopic (exact) mass is 356 g/mol. The second-order valence-corrected chi connectivity index (χ2v) is 6.27. The number of anilines is 1. The van der Waals surface area contributed by atoms with Crippen LogP contribution >= 0.6 is 11.6 Å². The van der Waals surface area contributed by atoms with Gasteiger partial charge < -0.3 is 5.11 Å². The maximum absolute atomic E-state index is 12.8. The van der Waals surface area contributed by atoms with E-state index >= 15 is 0 Å². The second kappa shape index (κ2) is 6.69. The van der Waals surface area contributed by atoms with Gasteiger partial charge in [-0.2, -0.15) is 0 Å². The number of ketones is 1. The van der Waals surface area contributed by atoms with Gasteiger partial charge >= 0.3 is 0 Å². The van der Waals surface area contributed by atoms with Crippen molar-refractivity contribution in [2.45, 2.75) is 26.3 Å². The van der Waals surface area contributed by atoms with Gasteiger partial charge in [0.05, 0.1) is 11.6 Å². The predicted molar refractivity (Wildman–Crippen MR) is 95.6 cm³/mol. The van der Waals surface area contributed by atoms with Crippen LogP contribution in [0.15, 0.2) is 54.1 Å². The van der Waals surface area contributed by atoms with Crippen LogP contribution in [0, 0.1) is 6.92 Å². The molecule has 3 rings (SSSR count). The van der Waals surface area contributed by atoms with E-state index in [1.807, 2.05) is 6.92 Å². The van der Waals surface area contributed by atoms with Gasteiger partial charge in [-0.05, 0) is 36.2 Å². The topological polar surface area (TPSA) is 70.5 Å². The zero-order valence-corrected chi connectivity index (χ0v) is 14.6. The molecule has 1 atom stereocenters. The number of hydrogen-bond acceptors (Lipinski definition) is 4. The maximum atomic E-state index is 12.8. The highest BCUT2D eigenvalue weighted by molar-refractivity contribution is 6.31. The van der Waals surface area contributed by atoms with Gasteiger partial charge in [-0.3, -0.25) is 19.5 Å². The fourth-order valence-electron chi connectivity index (χ4n) is 3.02. The molecule has 1 aromatic carbocycles. The smallest absolute Gasteiger partial charge is 0.294 e. The molecule has 0 saturated heterocycles. The number of carbonyl (C=O) groups excluding carboxylic acids is 2. The summed E-state index contributed by atoms with van der Waals surface area (Å²) >= 11 is 6.11. The number of hydrogen-bond donors (Lipinski definition) is 1. The molecule has 0 bridgehead atoms. The van der Waals surface area contributed by atoms with Gasteiger partial charge in [0.1, 0.15) is 0 Å². The van der Waals surface area contributed by atoms with Crippen LogP contribution < -0.4 is 4.90 Å². The Hall–Kier alpha value is -2.66. The molecule has 1 aromatic heterocycles. The second-order valence-electron chi connectivity index (χ2n) is 5.83. The number of amides is 1. The Balaban J connectivity index is 2.22. The van der Waals surface area contributed by atoms with E-state index in [0.717, 1.165) is 5.56 Å². The summed E-state index contributed by atoms with van der Waals surface area (Å²) in [5.74, 6) is -1.40. The van der Waals surface area contributed by atoms with Gasteiger partial charge in [0.25, 0.3) is 5.91 Å². The van der Waals surface area contributed by atoms with Crippen molar-refractivity contribution in [2.75, 3.05) is 4.90 Å². The molecule has 25 heavy (non-hydrogen) atoms. The van der Waals surface area contributed by atoms with Crippen molar-refractivity contribution in [1.29, 1.82) is 0 Å². The molecular formula is C19H17ClN2O3. The molecular weight excluding hydrogens is 340 g/mol. The highest BCUT2D eigenvalue weighted by Crippen LogP contribution is 2.42. The first kappa shape index (κ1) is 17.2. The largest absolute Gasteiger partial charge is 0.503 e. The van der Waals surface area contributed by atoms with E-state index in [9.17, 15) is 14.7 Å². The summed E-state index contributed by atoms with van der Waals surface area (Å²) in [5.41, 5.74) is 2.11. The molecule has 2 heterocycles. The van der Waals surface area contributed by atoms with Crippen molar-refractivity contribution in [2.24, 2.45) is 0 Å². The van der Waals surface area contributed by atoms with Crippen LogP contribution in [0.3, 0.4) is 0 Å². The number of aromatic nitrogens is 1. The molecule has 6 heteroatoms. The molecule has 0 radical (unpaired) electrons. The van der Waals surface area contributed by atoms with E-state index in [1.165, 1.54) is 4.90 Å². The third kappa shape index (κ3) is 2.91. The third-order valence-electron chi connectivity index (χ3n) is 4.26. The first-order chi connectivity index (χ1) is 12.0. The lowest BCUT2D eigenvalue weighted by Crippen LogP contribution is -2.31. The minimum Gasteiger partial charge on any atom is -0.503 e. The van der Waals surface area contributed by atoms with Gasteiger partial charge in [-0.15, -0.1) is 0 Å². The highest BCUT2D eigenvalue weighted by atomic mass is 35.5. The van der Waals surface area contributed by atoms with Crippen LogP contribution in [0.4, 0.5) is 5.69 Å². The van der Waals surface area contributed by atoms with E-state index in [4.69, 9.17) is 11.6 Å². The number of halogens is 1. The Labute approximate surface area is 150 Å². The fourth-order valence-corrected chi connectivity index (χ4v) is 3.19. The molecule has 0 aliphatic carbocycles. The maximum Gasteiger partial charge on any atom is 0.294 e. The molecule has 1 aliphatic rings. The highest BCUT2D eigenvalue weighted by Gasteiger charge is 2.44. The summed E-state index contributed by atoms with van der Waals surface area (Å²) in [6.45, 7) is 3.54. The number of aliphatic hydroxyl groups excluding tert-OH is 1.